The summed E-state index contributed by atoms with van der Waals surface area (Å²) in [5.41, 5.74) is 0. The summed E-state index contributed by atoms with van der Waals surface area (Å²) in [7, 11) is -3.13. The van der Waals surface area contributed by atoms with Gasteiger partial charge < -0.3 is 9.59 Å². The van der Waals surface area contributed by atoms with E-state index in [2.05, 4.69) is 0 Å². The third-order valence-electron chi connectivity index (χ3n) is 0. The van der Waals surface area contributed by atoms with Crippen molar-refractivity contribution in [3.63, 3.8) is 0 Å². The molecule has 0 rings (SSSR count). The van der Waals surface area contributed by atoms with Crippen LogP contribution in [0.25, 0.3) is 0 Å². The van der Waals surface area contributed by atoms with E-state index in [0.717, 1.165) is 0 Å². The van der Waals surface area contributed by atoms with Crippen molar-refractivity contribution in [1.29, 1.82) is 0 Å². The Bertz CT molecular complexity index is 37.9. The van der Waals surface area contributed by atoms with Gasteiger partial charge in [-0.3, -0.25) is 4.46 Å². The first-order valence-electron chi connectivity index (χ1n) is 0.651. The van der Waals surface area contributed by atoms with Gasteiger partial charge in [-0.05, 0) is 0 Å². The summed E-state index contributed by atoms with van der Waals surface area (Å²) in [6.45, 7) is 0. The molecular weight excluding hydrogens is 279 g/mol. The summed E-state index contributed by atoms with van der Waals surface area (Å²) in [6.07, 6.45) is 0. The van der Waals surface area contributed by atoms with E-state index < -0.39 is 9.17 Å². The van der Waals surface area contributed by atoms with E-state index in [9.17, 15) is 0 Å². The van der Waals surface area contributed by atoms with Gasteiger partial charge >= 0.3 is 66.7 Å². The average Bonchev–Trinajstić information content (AvgIpc) is 0.811. The Hall–Kier alpha value is 2.25. The monoisotopic (exact) mass is 285 g/mol. The van der Waals surface area contributed by atoms with Gasteiger partial charge in [0.15, 0.2) is 0 Å². The van der Waals surface area contributed by atoms with E-state index >= 15 is 0 Å². The zero-order chi connectivity index (χ0) is 3.58. The summed E-state index contributed by atoms with van der Waals surface area (Å²) in [5, 5.41) is 0. The summed E-state index contributed by atoms with van der Waals surface area (Å²) < 4.78 is 8.74. The van der Waals surface area contributed by atoms with Gasteiger partial charge in [-0.1, -0.05) is 0 Å². The van der Waals surface area contributed by atoms with Crippen molar-refractivity contribution in [2.24, 2.45) is 0 Å². The zero-order valence-electron chi connectivity index (χ0n) is 2.25. The van der Waals surface area contributed by atoms with E-state index in [0.29, 0.717) is 0 Å². The summed E-state index contributed by atoms with van der Waals surface area (Å²) in [6, 6.07) is 0. The predicted molar refractivity (Wildman–Crippen MR) is 29.4 cm³/mol. The van der Waals surface area contributed by atoms with Gasteiger partial charge in [0.25, 0.3) is 0 Å². The Balaban J connectivity index is -0.0000000150. The minimum absolute atomic E-state index is 0. The van der Waals surface area contributed by atoms with Crippen molar-refractivity contribution in [3.8, 4) is 0 Å². The normalized spacial score (nSPS) is 3.43. The van der Waals surface area contributed by atoms with Crippen LogP contribution < -0.4 is 0 Å². The number of hydrogen-bond acceptors (Lipinski definition) is 1. The van der Waals surface area contributed by atoms with Gasteiger partial charge in [0.1, 0.15) is 0 Å². The molecule has 0 bridgehead atoms. The molecule has 0 aromatic heterocycles. The van der Waals surface area contributed by atoms with Crippen molar-refractivity contribution in [2.45, 2.75) is 0 Å². The smallest absolute Gasteiger partial charge is 0 e. The van der Waals surface area contributed by atoms with Gasteiger partial charge in [0, 0.05) is 22.4 Å². The molecule has 0 saturated heterocycles. The standard InChI is InChI=1S/Ca.Ga.Nb.H2O3Si.5H/c;;;1-4(2)3;;;;;/h;;;1-2H;;;;;. The molecule has 0 aliphatic rings. The second-order valence-electron chi connectivity index (χ2n) is 0.283. The molecule has 0 fully saturated rings. The van der Waals surface area contributed by atoms with Crippen LogP contribution in [-0.4, -0.2) is 76.3 Å². The van der Waals surface area contributed by atoms with Crippen LogP contribution in [0, 0.1) is 0 Å². The molecule has 0 heterocycles. The zero-order valence-corrected chi connectivity index (χ0v) is 5.45. The minimum Gasteiger partial charge on any atom is 0 e. The van der Waals surface area contributed by atoms with Crippen LogP contribution in [0.1, 0.15) is 0 Å². The van der Waals surface area contributed by atoms with Gasteiger partial charge in [-0.25, -0.2) is 0 Å². The van der Waals surface area contributed by atoms with E-state index in [1.54, 1.807) is 0 Å². The van der Waals surface area contributed by atoms with Crippen molar-refractivity contribution in [3.05, 3.63) is 0 Å². The van der Waals surface area contributed by atoms with E-state index in [-0.39, 0.29) is 79.9 Å². The molecule has 39 valence electrons. The SMILES string of the molecule is O=[Si](O)O.[CaH2].[GaH3].[Nb]. The van der Waals surface area contributed by atoms with Gasteiger partial charge in [-0.15, -0.1) is 0 Å². The third-order valence-corrected chi connectivity index (χ3v) is 0. The first-order valence-corrected chi connectivity index (χ1v) is 1.95. The number of hydrogen-bond donors (Lipinski definition) is 2. The van der Waals surface area contributed by atoms with Crippen LogP contribution in [-0.2, 0) is 26.8 Å². The Morgan fingerprint density at radius 1 is 1.29 bits per heavy atom. The second-order valence-corrected chi connectivity index (χ2v) is 0.848. The van der Waals surface area contributed by atoms with Crippen LogP contribution >= 0.6 is 0 Å². The third kappa shape index (κ3) is 63.6. The van der Waals surface area contributed by atoms with Crippen LogP contribution in [0.3, 0.4) is 0 Å². The first-order chi connectivity index (χ1) is 1.73. The maximum atomic E-state index is 8.74. The molecule has 7 heavy (non-hydrogen) atoms. The summed E-state index contributed by atoms with van der Waals surface area (Å²) in [5.74, 6) is 0. The fourth-order valence-electron chi connectivity index (χ4n) is 0. The molecule has 0 atom stereocenters. The average molecular weight is 286 g/mol. The Morgan fingerprint density at radius 3 is 1.29 bits per heavy atom. The molecule has 0 aliphatic carbocycles. The van der Waals surface area contributed by atoms with Crippen molar-refractivity contribution < 1.29 is 36.4 Å². The fraction of sp³-hybridized carbons (Fsp3) is 0. The Labute approximate surface area is 101 Å². The molecule has 0 amide bonds. The Morgan fingerprint density at radius 2 is 1.29 bits per heavy atom. The molecular formula is H7CaGaNbO3Si. The largest absolute Gasteiger partial charge is 0 e. The molecule has 3 nitrogen and oxygen atoms in total. The molecule has 1 radical (unpaired) electrons. The van der Waals surface area contributed by atoms with E-state index in [4.69, 9.17) is 14.1 Å². The summed E-state index contributed by atoms with van der Waals surface area (Å²) in [4.78, 5) is 14.3. The van der Waals surface area contributed by atoms with Crippen LogP contribution in [0.15, 0.2) is 0 Å². The van der Waals surface area contributed by atoms with E-state index in [1.165, 1.54) is 0 Å². The molecule has 0 aromatic rings. The van der Waals surface area contributed by atoms with Crippen molar-refractivity contribution in [2.75, 3.05) is 0 Å². The predicted octanol–water partition coefficient (Wildman–Crippen LogP) is -3.72. The molecule has 0 unspecified atom stereocenters. The maximum Gasteiger partial charge on any atom is 0 e. The quantitative estimate of drug-likeness (QED) is 0.450. The van der Waals surface area contributed by atoms with Crippen LogP contribution in [0.2, 0.25) is 0 Å². The molecule has 0 aromatic carbocycles. The van der Waals surface area contributed by atoms with E-state index in [1.807, 2.05) is 0 Å². The molecule has 0 aliphatic heterocycles. The van der Waals surface area contributed by atoms with Crippen molar-refractivity contribution >= 4 is 66.7 Å². The van der Waals surface area contributed by atoms with Crippen LogP contribution in [0.5, 0.6) is 0 Å². The first kappa shape index (κ1) is 22.8. The fourth-order valence-corrected chi connectivity index (χ4v) is 0. The van der Waals surface area contributed by atoms with Gasteiger partial charge in [-0.2, -0.15) is 0 Å². The molecule has 2 N–H and O–H groups in total. The Kier molecular flexibility index (Phi) is 51.3. The molecule has 0 saturated carbocycles. The van der Waals surface area contributed by atoms with Crippen LogP contribution in [0.4, 0.5) is 0 Å². The van der Waals surface area contributed by atoms with Crippen molar-refractivity contribution in [1.82, 2.24) is 0 Å². The number of rotatable bonds is 0. The summed E-state index contributed by atoms with van der Waals surface area (Å²) >= 11 is 0. The minimum atomic E-state index is -3.13. The molecule has 7 heteroatoms. The topological polar surface area (TPSA) is 57.5 Å². The van der Waals surface area contributed by atoms with Gasteiger partial charge in [0.2, 0.25) is 0 Å². The molecule has 0 spiro atoms. The second kappa shape index (κ2) is 15.7. The maximum absolute atomic E-state index is 8.74. The van der Waals surface area contributed by atoms with Gasteiger partial charge in [0.05, 0.1) is 0 Å².